The van der Waals surface area contributed by atoms with Gasteiger partial charge in [0.2, 0.25) is 0 Å². The smallest absolute Gasteiger partial charge is 0.0239 e. The third-order valence-electron chi connectivity index (χ3n) is 2.03. The van der Waals surface area contributed by atoms with Gasteiger partial charge in [0.1, 0.15) is 0 Å². The van der Waals surface area contributed by atoms with Crippen molar-refractivity contribution < 1.29 is 0 Å². The number of allylic oxidation sites excluding steroid dienone is 3. The van der Waals surface area contributed by atoms with Crippen molar-refractivity contribution in [3.05, 3.63) is 24.8 Å². The molecule has 0 saturated heterocycles. The van der Waals surface area contributed by atoms with Gasteiger partial charge in [-0.3, -0.25) is 0 Å². The van der Waals surface area contributed by atoms with Gasteiger partial charge in [-0.1, -0.05) is 39.0 Å². The highest BCUT2D eigenvalue weighted by molar-refractivity contribution is 4.89. The molecule has 0 heterocycles. The number of rotatable bonds is 5. The van der Waals surface area contributed by atoms with Gasteiger partial charge in [-0.15, -0.1) is 6.58 Å². The van der Waals surface area contributed by atoms with Gasteiger partial charge in [-0.05, 0) is 24.7 Å². The molecule has 0 aromatic heterocycles. The van der Waals surface area contributed by atoms with E-state index in [0.717, 1.165) is 18.8 Å². The molecule has 0 rings (SSSR count). The Hall–Kier alpha value is -0.520. The summed E-state index contributed by atoms with van der Waals surface area (Å²) in [6, 6.07) is 0. The number of hydrogen-bond donors (Lipinski definition) is 0. The zero-order valence-electron chi connectivity index (χ0n) is 8.01. The fraction of sp³-hybridized carbons (Fsp3) is 0.636. The van der Waals surface area contributed by atoms with E-state index in [9.17, 15) is 0 Å². The van der Waals surface area contributed by atoms with E-state index in [4.69, 9.17) is 0 Å². The fourth-order valence-electron chi connectivity index (χ4n) is 0.747. The van der Waals surface area contributed by atoms with Crippen molar-refractivity contribution in [1.82, 2.24) is 0 Å². The van der Waals surface area contributed by atoms with E-state index in [1.54, 1.807) is 0 Å². The van der Waals surface area contributed by atoms with Gasteiger partial charge < -0.3 is 0 Å². The lowest BCUT2D eigenvalue weighted by atomic mass is 9.97. The molecular formula is C11H20. The first-order chi connectivity index (χ1) is 5.18. The average Bonchev–Trinajstić information content (AvgIpc) is 1.97. The van der Waals surface area contributed by atoms with Crippen LogP contribution >= 0.6 is 0 Å². The van der Waals surface area contributed by atoms with Crippen molar-refractivity contribution in [3.63, 3.8) is 0 Å². The molecule has 1 atom stereocenters. The van der Waals surface area contributed by atoms with Gasteiger partial charge >= 0.3 is 0 Å². The van der Waals surface area contributed by atoms with E-state index in [2.05, 4.69) is 39.5 Å². The predicted octanol–water partition coefficient (Wildman–Crippen LogP) is 3.80. The van der Waals surface area contributed by atoms with Crippen LogP contribution in [0.3, 0.4) is 0 Å². The van der Waals surface area contributed by atoms with Crippen molar-refractivity contribution in [3.8, 4) is 0 Å². The maximum Gasteiger partial charge on any atom is -0.0239 e. The highest BCUT2D eigenvalue weighted by Crippen LogP contribution is 2.11. The molecule has 0 bridgehead atoms. The van der Waals surface area contributed by atoms with E-state index >= 15 is 0 Å². The van der Waals surface area contributed by atoms with Gasteiger partial charge in [0.05, 0.1) is 0 Å². The summed E-state index contributed by atoms with van der Waals surface area (Å²) in [5.74, 6) is 1.47. The van der Waals surface area contributed by atoms with Crippen LogP contribution in [0.5, 0.6) is 0 Å². The molecule has 0 radical (unpaired) electrons. The van der Waals surface area contributed by atoms with Gasteiger partial charge in [-0.25, -0.2) is 0 Å². The van der Waals surface area contributed by atoms with E-state index < -0.39 is 0 Å². The second-order valence-corrected chi connectivity index (χ2v) is 3.40. The molecule has 0 heteroatoms. The molecule has 0 N–H and O–H groups in total. The highest BCUT2D eigenvalue weighted by atomic mass is 14.1. The summed E-state index contributed by atoms with van der Waals surface area (Å²) in [7, 11) is 0. The largest absolute Gasteiger partial charge is 0.103 e. The average molecular weight is 152 g/mol. The summed E-state index contributed by atoms with van der Waals surface area (Å²) in [5, 5.41) is 0. The normalized spacial score (nSPS) is 14.2. The topological polar surface area (TPSA) is 0 Å². The third kappa shape index (κ3) is 5.90. The predicted molar refractivity (Wildman–Crippen MR) is 52.6 cm³/mol. The Balaban J connectivity index is 3.47. The van der Waals surface area contributed by atoms with Crippen LogP contribution in [-0.4, -0.2) is 0 Å². The standard InChI is InChI=1S/C11H20/c1-5-6-7-8-9-11(4)10(2)3/h5,8-11H,1,6-7H2,2-4H3/b9-8-. The van der Waals surface area contributed by atoms with Crippen LogP contribution < -0.4 is 0 Å². The van der Waals surface area contributed by atoms with Crippen LogP contribution in [0, 0.1) is 11.8 Å². The molecule has 0 aliphatic carbocycles. The minimum Gasteiger partial charge on any atom is -0.103 e. The molecule has 0 aromatic rings. The van der Waals surface area contributed by atoms with Gasteiger partial charge in [0.15, 0.2) is 0 Å². The summed E-state index contributed by atoms with van der Waals surface area (Å²) in [6.45, 7) is 10.4. The first-order valence-electron chi connectivity index (χ1n) is 4.46. The van der Waals surface area contributed by atoms with Crippen molar-refractivity contribution in [2.24, 2.45) is 11.8 Å². The Labute approximate surface area is 71.0 Å². The molecule has 0 spiro atoms. The minimum absolute atomic E-state index is 0.708. The Bertz CT molecular complexity index is 120. The number of hydrogen-bond acceptors (Lipinski definition) is 0. The van der Waals surface area contributed by atoms with Crippen LogP contribution in [0.2, 0.25) is 0 Å². The third-order valence-corrected chi connectivity index (χ3v) is 2.03. The quantitative estimate of drug-likeness (QED) is 0.415. The Morgan fingerprint density at radius 1 is 1.18 bits per heavy atom. The van der Waals surface area contributed by atoms with Crippen molar-refractivity contribution in [2.45, 2.75) is 33.6 Å². The molecular weight excluding hydrogens is 132 g/mol. The monoisotopic (exact) mass is 152 g/mol. The first-order valence-corrected chi connectivity index (χ1v) is 4.46. The van der Waals surface area contributed by atoms with Crippen LogP contribution in [0.1, 0.15) is 33.6 Å². The molecule has 1 unspecified atom stereocenters. The summed E-state index contributed by atoms with van der Waals surface area (Å²) >= 11 is 0. The van der Waals surface area contributed by atoms with Crippen LogP contribution in [-0.2, 0) is 0 Å². The Morgan fingerprint density at radius 2 is 1.82 bits per heavy atom. The highest BCUT2D eigenvalue weighted by Gasteiger charge is 2.00. The van der Waals surface area contributed by atoms with Gasteiger partial charge in [0, 0.05) is 0 Å². The number of unbranched alkanes of at least 4 members (excludes halogenated alkanes) is 1. The molecule has 0 aliphatic rings. The zero-order valence-corrected chi connectivity index (χ0v) is 8.01. The summed E-state index contributed by atoms with van der Waals surface area (Å²) in [5.41, 5.74) is 0. The first kappa shape index (κ1) is 10.5. The maximum atomic E-state index is 3.68. The van der Waals surface area contributed by atoms with E-state index in [0.29, 0.717) is 5.92 Å². The SMILES string of the molecule is C=CCC/C=C\C(C)C(C)C. The van der Waals surface area contributed by atoms with Crippen molar-refractivity contribution in [2.75, 3.05) is 0 Å². The molecule has 64 valence electrons. The molecule has 0 amide bonds. The Morgan fingerprint density at radius 3 is 2.27 bits per heavy atom. The van der Waals surface area contributed by atoms with E-state index in [1.165, 1.54) is 0 Å². The lowest BCUT2D eigenvalue weighted by Gasteiger charge is -2.08. The molecule has 0 saturated carbocycles. The molecule has 0 aliphatic heterocycles. The summed E-state index contributed by atoms with van der Waals surface area (Å²) < 4.78 is 0. The molecule has 11 heavy (non-hydrogen) atoms. The lowest BCUT2D eigenvalue weighted by molar-refractivity contribution is 0.503. The van der Waals surface area contributed by atoms with Gasteiger partial charge in [0.25, 0.3) is 0 Å². The van der Waals surface area contributed by atoms with Crippen LogP contribution in [0.25, 0.3) is 0 Å². The maximum absolute atomic E-state index is 3.68. The van der Waals surface area contributed by atoms with Crippen LogP contribution in [0.15, 0.2) is 24.8 Å². The minimum atomic E-state index is 0.708. The zero-order chi connectivity index (χ0) is 8.69. The Kier molecular flexibility index (Phi) is 5.91. The molecule has 0 fully saturated rings. The van der Waals surface area contributed by atoms with Gasteiger partial charge in [-0.2, -0.15) is 0 Å². The summed E-state index contributed by atoms with van der Waals surface area (Å²) in [4.78, 5) is 0. The fourth-order valence-corrected chi connectivity index (χ4v) is 0.747. The second kappa shape index (κ2) is 6.21. The van der Waals surface area contributed by atoms with Crippen molar-refractivity contribution in [1.29, 1.82) is 0 Å². The molecule has 0 aromatic carbocycles. The lowest BCUT2D eigenvalue weighted by Crippen LogP contribution is -1.98. The van der Waals surface area contributed by atoms with E-state index in [1.807, 2.05) is 6.08 Å². The molecule has 0 nitrogen and oxygen atoms in total. The second-order valence-electron chi connectivity index (χ2n) is 3.40. The summed E-state index contributed by atoms with van der Waals surface area (Å²) in [6.07, 6.45) is 8.76. The van der Waals surface area contributed by atoms with Crippen LogP contribution in [0.4, 0.5) is 0 Å². The van der Waals surface area contributed by atoms with Crippen molar-refractivity contribution >= 4 is 0 Å². The van der Waals surface area contributed by atoms with E-state index in [-0.39, 0.29) is 0 Å².